The number of amides is 1. The molecule has 0 spiro atoms. The molecule has 0 aliphatic rings. The van der Waals surface area contributed by atoms with Crippen molar-refractivity contribution >= 4 is 27.5 Å². The molecule has 0 saturated carbocycles. The summed E-state index contributed by atoms with van der Waals surface area (Å²) in [5, 5.41) is 0. The number of rotatable bonds is 1. The molecule has 1 aromatic heterocycles. The van der Waals surface area contributed by atoms with Crippen LogP contribution in [0.15, 0.2) is 16.9 Å². The molecule has 0 aliphatic carbocycles. The third-order valence-electron chi connectivity index (χ3n) is 1.15. The normalized spacial score (nSPS) is 9.55. The average Bonchev–Trinajstić information content (AvgIpc) is 1.94. The predicted octanol–water partition coefficient (Wildman–Crippen LogP) is 0.525. The van der Waals surface area contributed by atoms with Gasteiger partial charge in [-0.25, -0.2) is 4.98 Å². The fourth-order valence-corrected chi connectivity index (χ4v) is 0.817. The first-order chi connectivity index (χ1) is 5.11. The van der Waals surface area contributed by atoms with Crippen LogP contribution in [0, 0.1) is 0 Å². The maximum atomic E-state index is 10.6. The Bertz CT molecular complexity index is 300. The number of anilines is 1. The number of nitrogen functional groups attached to an aromatic ring is 1. The summed E-state index contributed by atoms with van der Waals surface area (Å²) in [5.41, 5.74) is 11.1. The lowest BCUT2D eigenvalue weighted by Gasteiger charge is -1.98. The zero-order chi connectivity index (χ0) is 8.43. The Morgan fingerprint density at radius 2 is 2.27 bits per heavy atom. The van der Waals surface area contributed by atoms with Crippen LogP contribution in [-0.4, -0.2) is 10.9 Å². The van der Waals surface area contributed by atoms with Gasteiger partial charge in [-0.2, -0.15) is 0 Å². The van der Waals surface area contributed by atoms with Crippen LogP contribution in [0.4, 0.5) is 5.69 Å². The molecule has 0 unspecified atom stereocenters. The Morgan fingerprint density at radius 1 is 1.64 bits per heavy atom. The third kappa shape index (κ3) is 1.68. The third-order valence-corrected chi connectivity index (χ3v) is 1.81. The highest BCUT2D eigenvalue weighted by Crippen LogP contribution is 2.16. The number of hydrogen-bond acceptors (Lipinski definition) is 3. The van der Waals surface area contributed by atoms with E-state index >= 15 is 0 Å². The number of carbonyl (C=O) groups excluding carboxylic acids is 1. The van der Waals surface area contributed by atoms with Crippen LogP contribution in [0.3, 0.4) is 0 Å². The van der Waals surface area contributed by atoms with Gasteiger partial charge in [0, 0.05) is 6.20 Å². The van der Waals surface area contributed by atoms with E-state index < -0.39 is 5.91 Å². The number of aromatic nitrogens is 1. The van der Waals surface area contributed by atoms with Gasteiger partial charge in [0.2, 0.25) is 5.91 Å². The lowest BCUT2D eigenvalue weighted by molar-refractivity contribution is 0.1000. The van der Waals surface area contributed by atoms with Gasteiger partial charge in [-0.15, -0.1) is 0 Å². The molecule has 4 N–H and O–H groups in total. The molecule has 58 valence electrons. The molecule has 0 saturated heterocycles. The Hall–Kier alpha value is -1.10. The van der Waals surface area contributed by atoms with Crippen molar-refractivity contribution in [1.29, 1.82) is 0 Å². The summed E-state index contributed by atoms with van der Waals surface area (Å²) in [6, 6.07) is 1.47. The van der Waals surface area contributed by atoms with E-state index in [-0.39, 0.29) is 0 Å². The van der Waals surface area contributed by atoms with Crippen molar-refractivity contribution in [1.82, 2.24) is 4.98 Å². The number of pyridine rings is 1. The van der Waals surface area contributed by atoms with E-state index in [1.165, 1.54) is 12.3 Å². The highest BCUT2D eigenvalue weighted by atomic mass is 79.9. The second-order valence-corrected chi connectivity index (χ2v) is 2.72. The van der Waals surface area contributed by atoms with Crippen LogP contribution in [0.5, 0.6) is 0 Å². The van der Waals surface area contributed by atoms with E-state index in [0.717, 1.165) is 0 Å². The van der Waals surface area contributed by atoms with Crippen LogP contribution in [-0.2, 0) is 0 Å². The minimum atomic E-state index is -0.531. The molecule has 0 bridgehead atoms. The van der Waals surface area contributed by atoms with Crippen LogP contribution in [0.2, 0.25) is 0 Å². The maximum Gasteiger partial charge on any atom is 0.250 e. The molecule has 1 rings (SSSR count). The molecule has 1 heterocycles. The van der Waals surface area contributed by atoms with Gasteiger partial charge in [0.25, 0.3) is 0 Å². The van der Waals surface area contributed by atoms with E-state index in [1.807, 2.05) is 0 Å². The number of carbonyl (C=O) groups is 1. The summed E-state index contributed by atoms with van der Waals surface area (Å²) in [5.74, 6) is -0.531. The van der Waals surface area contributed by atoms with Gasteiger partial charge in [-0.1, -0.05) is 0 Å². The Balaban J connectivity index is 3.15. The van der Waals surface area contributed by atoms with E-state index in [4.69, 9.17) is 11.5 Å². The van der Waals surface area contributed by atoms with E-state index in [0.29, 0.717) is 15.9 Å². The van der Waals surface area contributed by atoms with Crippen LogP contribution < -0.4 is 11.5 Å². The van der Waals surface area contributed by atoms with Gasteiger partial charge in [0.15, 0.2) is 0 Å². The van der Waals surface area contributed by atoms with Gasteiger partial charge >= 0.3 is 0 Å². The minimum absolute atomic E-state index is 0.311. The zero-order valence-electron chi connectivity index (χ0n) is 5.54. The number of halogens is 1. The average molecular weight is 216 g/mol. The lowest BCUT2D eigenvalue weighted by atomic mass is 10.2. The highest BCUT2D eigenvalue weighted by Gasteiger charge is 2.02. The Kier molecular flexibility index (Phi) is 2.09. The van der Waals surface area contributed by atoms with E-state index in [2.05, 4.69) is 20.9 Å². The van der Waals surface area contributed by atoms with Crippen LogP contribution in [0.1, 0.15) is 10.4 Å². The first kappa shape index (κ1) is 8.00. The molecule has 0 aliphatic heterocycles. The van der Waals surface area contributed by atoms with Crippen molar-refractivity contribution in [2.75, 3.05) is 5.73 Å². The van der Waals surface area contributed by atoms with Crippen molar-refractivity contribution < 1.29 is 4.79 Å². The fraction of sp³-hybridized carbons (Fsp3) is 0. The molecule has 0 aromatic carbocycles. The zero-order valence-corrected chi connectivity index (χ0v) is 7.13. The fourth-order valence-electron chi connectivity index (χ4n) is 0.600. The molecule has 0 radical (unpaired) electrons. The van der Waals surface area contributed by atoms with Crippen LogP contribution >= 0.6 is 15.9 Å². The second-order valence-electron chi connectivity index (χ2n) is 1.97. The number of nitrogens with two attached hydrogens (primary N) is 2. The summed E-state index contributed by atoms with van der Waals surface area (Å²) in [7, 11) is 0. The first-order valence-electron chi connectivity index (χ1n) is 2.82. The summed E-state index contributed by atoms with van der Waals surface area (Å²) in [6.07, 6.45) is 1.36. The summed E-state index contributed by atoms with van der Waals surface area (Å²) in [4.78, 5) is 14.4. The largest absolute Gasteiger partial charge is 0.397 e. The standard InChI is InChI=1S/C6H6BrN3O/c7-5-4(8)1-3(2-10-5)6(9)11/h1-2H,8H2,(H2,9,11). The molecule has 11 heavy (non-hydrogen) atoms. The SMILES string of the molecule is NC(=O)c1cnc(Br)c(N)c1. The molecule has 4 nitrogen and oxygen atoms in total. The minimum Gasteiger partial charge on any atom is -0.397 e. The second kappa shape index (κ2) is 2.87. The van der Waals surface area contributed by atoms with E-state index in [1.54, 1.807) is 0 Å². The van der Waals surface area contributed by atoms with Gasteiger partial charge in [0.1, 0.15) is 4.60 Å². The van der Waals surface area contributed by atoms with Gasteiger partial charge in [0.05, 0.1) is 11.3 Å². The number of primary amides is 1. The predicted molar refractivity (Wildman–Crippen MR) is 44.9 cm³/mol. The topological polar surface area (TPSA) is 82.0 Å². The molecule has 1 aromatic rings. The van der Waals surface area contributed by atoms with Crippen molar-refractivity contribution in [2.45, 2.75) is 0 Å². The Morgan fingerprint density at radius 3 is 2.73 bits per heavy atom. The number of nitrogens with zero attached hydrogens (tertiary/aromatic N) is 1. The molecular formula is C6H6BrN3O. The van der Waals surface area contributed by atoms with Gasteiger partial charge in [-0.3, -0.25) is 4.79 Å². The summed E-state index contributed by atoms with van der Waals surface area (Å²) in [6.45, 7) is 0. The quantitative estimate of drug-likeness (QED) is 0.671. The van der Waals surface area contributed by atoms with Crippen molar-refractivity contribution in [3.8, 4) is 0 Å². The Labute approximate surface area is 71.7 Å². The van der Waals surface area contributed by atoms with E-state index in [9.17, 15) is 4.79 Å². The molecule has 1 amide bonds. The highest BCUT2D eigenvalue weighted by molar-refractivity contribution is 9.10. The lowest BCUT2D eigenvalue weighted by Crippen LogP contribution is -2.11. The summed E-state index contributed by atoms with van der Waals surface area (Å²) >= 11 is 3.09. The van der Waals surface area contributed by atoms with Crippen molar-refractivity contribution in [3.63, 3.8) is 0 Å². The molecule has 0 atom stereocenters. The van der Waals surface area contributed by atoms with Crippen molar-refractivity contribution in [3.05, 3.63) is 22.4 Å². The molecule has 0 fully saturated rings. The first-order valence-corrected chi connectivity index (χ1v) is 3.61. The molecular weight excluding hydrogens is 210 g/mol. The molecule has 5 heteroatoms. The van der Waals surface area contributed by atoms with Gasteiger partial charge < -0.3 is 11.5 Å². The smallest absolute Gasteiger partial charge is 0.250 e. The maximum absolute atomic E-state index is 10.6. The monoisotopic (exact) mass is 215 g/mol. The van der Waals surface area contributed by atoms with Crippen molar-refractivity contribution in [2.24, 2.45) is 5.73 Å². The van der Waals surface area contributed by atoms with Crippen LogP contribution in [0.25, 0.3) is 0 Å². The number of hydrogen-bond donors (Lipinski definition) is 2. The van der Waals surface area contributed by atoms with Gasteiger partial charge in [-0.05, 0) is 22.0 Å². The summed E-state index contributed by atoms with van der Waals surface area (Å²) < 4.78 is 0.516.